The molecule has 17 heavy (non-hydrogen) atoms. The molecule has 1 aromatic rings. The first-order valence-electron chi connectivity index (χ1n) is 6.56. The zero-order valence-electron chi connectivity index (χ0n) is 10.5. The van der Waals surface area contributed by atoms with Gasteiger partial charge in [-0.15, -0.1) is 0 Å². The number of hydrogen-bond donors (Lipinski definition) is 1. The monoisotopic (exact) mass is 232 g/mol. The SMILES string of the molecule is Cc1cc(CNC(C)C2CC3C=CC2C3)no1. The minimum absolute atomic E-state index is 0.562. The van der Waals surface area contributed by atoms with Gasteiger partial charge in [0.15, 0.2) is 0 Å². The average Bonchev–Trinajstić information content (AvgIpc) is 3.01. The van der Waals surface area contributed by atoms with E-state index in [1.165, 1.54) is 12.8 Å². The molecule has 3 heteroatoms. The molecule has 1 fully saturated rings. The Hall–Kier alpha value is -1.09. The lowest BCUT2D eigenvalue weighted by atomic mass is 9.87. The minimum atomic E-state index is 0.562. The van der Waals surface area contributed by atoms with Gasteiger partial charge in [-0.05, 0) is 44.4 Å². The van der Waals surface area contributed by atoms with Crippen molar-refractivity contribution in [2.45, 2.75) is 39.3 Å². The van der Waals surface area contributed by atoms with Crippen LogP contribution in [0.2, 0.25) is 0 Å². The van der Waals surface area contributed by atoms with Gasteiger partial charge in [-0.1, -0.05) is 17.3 Å². The molecule has 1 heterocycles. The standard InChI is InChI=1S/C14H20N2O/c1-9-5-13(16-17-9)8-15-10(2)14-7-11-3-4-12(14)6-11/h3-5,10-12,14-15H,6-8H2,1-2H3. The summed E-state index contributed by atoms with van der Waals surface area (Å²) in [6, 6.07) is 2.56. The maximum atomic E-state index is 5.07. The van der Waals surface area contributed by atoms with Crippen LogP contribution in [0.4, 0.5) is 0 Å². The van der Waals surface area contributed by atoms with Crippen molar-refractivity contribution in [3.8, 4) is 0 Å². The summed E-state index contributed by atoms with van der Waals surface area (Å²) in [6.07, 6.45) is 7.54. The Morgan fingerprint density at radius 2 is 2.35 bits per heavy atom. The highest BCUT2D eigenvalue weighted by atomic mass is 16.5. The Kier molecular flexibility index (Phi) is 2.79. The van der Waals surface area contributed by atoms with Crippen LogP contribution in [0.3, 0.4) is 0 Å². The van der Waals surface area contributed by atoms with Gasteiger partial charge in [0.2, 0.25) is 0 Å². The Bertz CT molecular complexity index is 424. The number of nitrogens with one attached hydrogen (secondary N) is 1. The van der Waals surface area contributed by atoms with Crippen LogP contribution in [0.15, 0.2) is 22.7 Å². The normalized spacial score (nSPS) is 32.2. The first-order chi connectivity index (χ1) is 8.22. The molecule has 2 aliphatic rings. The number of aromatic nitrogens is 1. The lowest BCUT2D eigenvalue weighted by molar-refractivity contribution is 0.321. The van der Waals surface area contributed by atoms with Crippen LogP contribution in [0.5, 0.6) is 0 Å². The zero-order chi connectivity index (χ0) is 11.8. The summed E-state index contributed by atoms with van der Waals surface area (Å²) >= 11 is 0. The second-order valence-electron chi connectivity index (χ2n) is 5.54. The van der Waals surface area contributed by atoms with Crippen LogP contribution in [0, 0.1) is 24.7 Å². The number of allylic oxidation sites excluding steroid dienone is 2. The summed E-state index contributed by atoms with van der Waals surface area (Å²) in [6.45, 7) is 5.04. The van der Waals surface area contributed by atoms with Crippen LogP contribution in [0.1, 0.15) is 31.2 Å². The van der Waals surface area contributed by atoms with Crippen molar-refractivity contribution in [3.05, 3.63) is 29.7 Å². The van der Waals surface area contributed by atoms with E-state index in [4.69, 9.17) is 4.52 Å². The summed E-state index contributed by atoms with van der Waals surface area (Å²) in [5, 5.41) is 7.59. The third-order valence-electron chi connectivity index (χ3n) is 4.25. The van der Waals surface area contributed by atoms with Crippen molar-refractivity contribution in [2.75, 3.05) is 0 Å². The Morgan fingerprint density at radius 1 is 1.47 bits per heavy atom. The molecule has 0 saturated heterocycles. The molecule has 92 valence electrons. The highest BCUT2D eigenvalue weighted by molar-refractivity contribution is 5.12. The Labute approximate surface area is 102 Å². The second-order valence-corrected chi connectivity index (χ2v) is 5.54. The van der Waals surface area contributed by atoms with E-state index in [1.807, 2.05) is 13.0 Å². The maximum absolute atomic E-state index is 5.07. The van der Waals surface area contributed by atoms with Gasteiger partial charge in [0, 0.05) is 18.7 Å². The third-order valence-corrected chi connectivity index (χ3v) is 4.25. The molecule has 4 unspecified atom stereocenters. The number of nitrogens with zero attached hydrogens (tertiary/aromatic N) is 1. The predicted octanol–water partition coefficient (Wildman–Crippen LogP) is 2.67. The van der Waals surface area contributed by atoms with E-state index in [9.17, 15) is 0 Å². The third kappa shape index (κ3) is 2.16. The molecule has 1 N–H and O–H groups in total. The molecule has 0 aromatic carbocycles. The maximum Gasteiger partial charge on any atom is 0.133 e. The van der Waals surface area contributed by atoms with Gasteiger partial charge in [0.25, 0.3) is 0 Å². The molecular weight excluding hydrogens is 212 g/mol. The first-order valence-corrected chi connectivity index (χ1v) is 6.56. The average molecular weight is 232 g/mol. The quantitative estimate of drug-likeness (QED) is 0.811. The largest absolute Gasteiger partial charge is 0.361 e. The molecule has 3 rings (SSSR count). The van der Waals surface area contributed by atoms with E-state index < -0.39 is 0 Å². The van der Waals surface area contributed by atoms with E-state index in [-0.39, 0.29) is 0 Å². The summed E-state index contributed by atoms with van der Waals surface area (Å²) < 4.78 is 5.07. The Morgan fingerprint density at radius 3 is 2.94 bits per heavy atom. The molecule has 2 aliphatic carbocycles. The molecule has 4 atom stereocenters. The van der Waals surface area contributed by atoms with Crippen LogP contribution in [0.25, 0.3) is 0 Å². The lowest BCUT2D eigenvalue weighted by Crippen LogP contribution is -2.35. The van der Waals surface area contributed by atoms with E-state index >= 15 is 0 Å². The van der Waals surface area contributed by atoms with E-state index in [0.29, 0.717) is 6.04 Å². The minimum Gasteiger partial charge on any atom is -0.361 e. The summed E-state index contributed by atoms with van der Waals surface area (Å²) in [5.41, 5.74) is 1.01. The van der Waals surface area contributed by atoms with Crippen molar-refractivity contribution in [3.63, 3.8) is 0 Å². The van der Waals surface area contributed by atoms with Crippen molar-refractivity contribution < 1.29 is 4.52 Å². The molecule has 1 saturated carbocycles. The molecule has 0 spiro atoms. The second kappa shape index (κ2) is 4.30. The van der Waals surface area contributed by atoms with Gasteiger partial charge in [-0.2, -0.15) is 0 Å². The number of aryl methyl sites for hydroxylation is 1. The van der Waals surface area contributed by atoms with Crippen molar-refractivity contribution in [2.24, 2.45) is 17.8 Å². The van der Waals surface area contributed by atoms with Gasteiger partial charge < -0.3 is 9.84 Å². The van der Waals surface area contributed by atoms with Crippen LogP contribution in [-0.2, 0) is 6.54 Å². The van der Waals surface area contributed by atoms with Crippen LogP contribution >= 0.6 is 0 Å². The molecule has 0 amide bonds. The van der Waals surface area contributed by atoms with Crippen molar-refractivity contribution >= 4 is 0 Å². The smallest absolute Gasteiger partial charge is 0.133 e. The van der Waals surface area contributed by atoms with E-state index in [1.54, 1.807) is 0 Å². The van der Waals surface area contributed by atoms with Crippen LogP contribution in [-0.4, -0.2) is 11.2 Å². The van der Waals surface area contributed by atoms with Gasteiger partial charge >= 0.3 is 0 Å². The fourth-order valence-electron chi connectivity index (χ4n) is 3.32. The summed E-state index contributed by atoms with van der Waals surface area (Å²) in [7, 11) is 0. The molecular formula is C14H20N2O. The van der Waals surface area contributed by atoms with Crippen molar-refractivity contribution in [1.82, 2.24) is 10.5 Å². The predicted molar refractivity (Wildman–Crippen MR) is 66.4 cm³/mol. The van der Waals surface area contributed by atoms with Crippen molar-refractivity contribution in [1.29, 1.82) is 0 Å². The number of hydrogen-bond acceptors (Lipinski definition) is 3. The molecule has 1 aromatic heterocycles. The molecule has 0 aliphatic heterocycles. The Balaban J connectivity index is 1.54. The van der Waals surface area contributed by atoms with Gasteiger partial charge in [0.05, 0.1) is 5.69 Å². The van der Waals surface area contributed by atoms with Gasteiger partial charge in [0.1, 0.15) is 5.76 Å². The van der Waals surface area contributed by atoms with E-state index in [2.05, 4.69) is 29.5 Å². The lowest BCUT2D eigenvalue weighted by Gasteiger charge is -2.26. The number of fused-ring (bicyclic) bond motifs is 2. The number of rotatable bonds is 4. The topological polar surface area (TPSA) is 38.1 Å². The molecule has 0 radical (unpaired) electrons. The van der Waals surface area contributed by atoms with Crippen LogP contribution < -0.4 is 5.32 Å². The fourth-order valence-corrected chi connectivity index (χ4v) is 3.32. The highest BCUT2D eigenvalue weighted by Crippen LogP contribution is 2.44. The van der Waals surface area contributed by atoms with Gasteiger partial charge in [-0.3, -0.25) is 0 Å². The fraction of sp³-hybridized carbons (Fsp3) is 0.643. The molecule has 2 bridgehead atoms. The van der Waals surface area contributed by atoms with Gasteiger partial charge in [-0.25, -0.2) is 0 Å². The zero-order valence-corrected chi connectivity index (χ0v) is 10.5. The molecule has 3 nitrogen and oxygen atoms in total. The first kappa shape index (κ1) is 11.0. The van der Waals surface area contributed by atoms with E-state index in [0.717, 1.165) is 35.8 Å². The highest BCUT2D eigenvalue weighted by Gasteiger charge is 2.38. The summed E-state index contributed by atoms with van der Waals surface area (Å²) in [4.78, 5) is 0. The summed E-state index contributed by atoms with van der Waals surface area (Å²) in [5.74, 6) is 3.35.